The van der Waals surface area contributed by atoms with Gasteiger partial charge in [0.1, 0.15) is 0 Å². The Morgan fingerprint density at radius 2 is 1.74 bits per heavy atom. The van der Waals surface area contributed by atoms with Crippen LogP contribution in [0.5, 0.6) is 0 Å². The van der Waals surface area contributed by atoms with Crippen LogP contribution >= 0.6 is 0 Å². The molecule has 6 nitrogen and oxygen atoms in total. The lowest BCUT2D eigenvalue weighted by molar-refractivity contribution is -0.143. The van der Waals surface area contributed by atoms with Gasteiger partial charge in [-0.2, -0.15) is 0 Å². The van der Waals surface area contributed by atoms with Gasteiger partial charge in [0, 0.05) is 38.8 Å². The fourth-order valence-corrected chi connectivity index (χ4v) is 4.64. The first-order valence-corrected chi connectivity index (χ1v) is 11.4. The molecule has 1 fully saturated rings. The number of aromatic nitrogens is 1. The SMILES string of the molecule is Cc1ccc(CN(C)C(=O)C[C@]2(c3ccccc3C)CC(=O)N(Cc3cccnc3)C2=O)cc1. The second kappa shape index (κ2) is 9.59. The van der Waals surface area contributed by atoms with E-state index < -0.39 is 5.41 Å². The molecule has 0 saturated carbocycles. The predicted octanol–water partition coefficient (Wildman–Crippen LogP) is 3.94. The minimum Gasteiger partial charge on any atom is -0.341 e. The van der Waals surface area contributed by atoms with Crippen LogP contribution in [0.15, 0.2) is 73.1 Å². The van der Waals surface area contributed by atoms with Gasteiger partial charge < -0.3 is 4.90 Å². The van der Waals surface area contributed by atoms with Crippen LogP contribution in [0.1, 0.15) is 40.7 Å². The van der Waals surface area contributed by atoms with Crippen molar-refractivity contribution in [1.82, 2.24) is 14.8 Å². The van der Waals surface area contributed by atoms with Gasteiger partial charge in [-0.25, -0.2) is 0 Å². The molecule has 3 aromatic rings. The smallest absolute Gasteiger partial charge is 0.241 e. The third kappa shape index (κ3) is 4.62. The number of nitrogens with zero attached hydrogens (tertiary/aromatic N) is 3. The topological polar surface area (TPSA) is 70.6 Å². The molecule has 174 valence electrons. The molecule has 0 bridgehead atoms. The Labute approximate surface area is 200 Å². The van der Waals surface area contributed by atoms with Gasteiger partial charge in [0.15, 0.2) is 0 Å². The zero-order valence-corrected chi connectivity index (χ0v) is 19.8. The average Bonchev–Trinajstić information content (AvgIpc) is 3.06. The fourth-order valence-electron chi connectivity index (χ4n) is 4.64. The van der Waals surface area contributed by atoms with Gasteiger partial charge >= 0.3 is 0 Å². The zero-order chi connectivity index (χ0) is 24.3. The molecule has 34 heavy (non-hydrogen) atoms. The van der Waals surface area contributed by atoms with Gasteiger partial charge in [0.2, 0.25) is 17.7 Å². The van der Waals surface area contributed by atoms with Crippen LogP contribution in [-0.2, 0) is 32.9 Å². The maximum atomic E-state index is 13.9. The highest BCUT2D eigenvalue weighted by molar-refractivity contribution is 6.10. The van der Waals surface area contributed by atoms with E-state index in [1.807, 2.05) is 68.4 Å². The van der Waals surface area contributed by atoms with E-state index in [2.05, 4.69) is 4.98 Å². The summed E-state index contributed by atoms with van der Waals surface area (Å²) in [5.41, 5.74) is 3.34. The molecule has 3 amide bonds. The third-order valence-electron chi connectivity index (χ3n) is 6.55. The molecule has 1 aliphatic heterocycles. The quantitative estimate of drug-likeness (QED) is 0.506. The van der Waals surface area contributed by atoms with E-state index in [1.165, 1.54) is 4.90 Å². The number of hydrogen-bond donors (Lipinski definition) is 0. The molecular formula is C28H29N3O3. The molecule has 1 saturated heterocycles. The molecule has 0 spiro atoms. The molecule has 1 atom stereocenters. The van der Waals surface area contributed by atoms with Gasteiger partial charge in [-0.15, -0.1) is 0 Å². The summed E-state index contributed by atoms with van der Waals surface area (Å²) in [6, 6.07) is 19.2. The number of aryl methyl sites for hydroxylation is 2. The monoisotopic (exact) mass is 455 g/mol. The summed E-state index contributed by atoms with van der Waals surface area (Å²) in [6.07, 6.45) is 3.21. The van der Waals surface area contributed by atoms with Crippen molar-refractivity contribution < 1.29 is 14.4 Å². The molecule has 0 radical (unpaired) electrons. The van der Waals surface area contributed by atoms with E-state index in [-0.39, 0.29) is 37.1 Å². The van der Waals surface area contributed by atoms with Crippen LogP contribution in [0, 0.1) is 13.8 Å². The zero-order valence-electron chi connectivity index (χ0n) is 19.8. The van der Waals surface area contributed by atoms with E-state index in [9.17, 15) is 14.4 Å². The van der Waals surface area contributed by atoms with Gasteiger partial charge in [0.05, 0.1) is 12.0 Å². The molecular weight excluding hydrogens is 426 g/mol. The van der Waals surface area contributed by atoms with Crippen LogP contribution in [0.25, 0.3) is 0 Å². The largest absolute Gasteiger partial charge is 0.341 e. The molecule has 0 N–H and O–H groups in total. The van der Waals surface area contributed by atoms with Gasteiger partial charge in [0.25, 0.3) is 0 Å². The van der Waals surface area contributed by atoms with Crippen LogP contribution in [0.2, 0.25) is 0 Å². The first kappa shape index (κ1) is 23.4. The van der Waals surface area contributed by atoms with Crippen molar-refractivity contribution in [3.63, 3.8) is 0 Å². The van der Waals surface area contributed by atoms with E-state index in [0.29, 0.717) is 6.54 Å². The molecule has 1 aromatic heterocycles. The number of pyridine rings is 1. The maximum absolute atomic E-state index is 13.9. The second-order valence-corrected chi connectivity index (χ2v) is 9.13. The standard InChI is InChI=1S/C28H29N3O3/c1-20-10-12-22(13-11-20)18-30(3)25(32)15-28(24-9-5-4-7-21(24)2)16-26(33)31(27(28)34)19-23-8-6-14-29-17-23/h4-14,17H,15-16,18-19H2,1-3H3/t28-/m1/s1. The Morgan fingerprint density at radius 1 is 1.00 bits per heavy atom. The second-order valence-electron chi connectivity index (χ2n) is 9.13. The highest BCUT2D eigenvalue weighted by atomic mass is 16.2. The molecule has 0 unspecified atom stereocenters. The maximum Gasteiger partial charge on any atom is 0.241 e. The number of benzene rings is 2. The summed E-state index contributed by atoms with van der Waals surface area (Å²) in [5, 5.41) is 0. The predicted molar refractivity (Wildman–Crippen MR) is 130 cm³/mol. The van der Waals surface area contributed by atoms with Crippen LogP contribution in [-0.4, -0.2) is 39.6 Å². The average molecular weight is 456 g/mol. The van der Waals surface area contributed by atoms with E-state index in [0.717, 1.165) is 27.8 Å². The highest BCUT2D eigenvalue weighted by Crippen LogP contribution is 2.42. The van der Waals surface area contributed by atoms with Crippen molar-refractivity contribution in [2.24, 2.45) is 0 Å². The number of carbonyl (C=O) groups is 3. The summed E-state index contributed by atoms with van der Waals surface area (Å²) in [7, 11) is 1.74. The molecule has 2 heterocycles. The van der Waals surface area contributed by atoms with E-state index in [4.69, 9.17) is 0 Å². The summed E-state index contributed by atoms with van der Waals surface area (Å²) in [5.74, 6) is -0.771. The number of rotatable bonds is 7. The Balaban J connectivity index is 1.64. The van der Waals surface area contributed by atoms with Crippen LogP contribution in [0.4, 0.5) is 0 Å². The number of carbonyl (C=O) groups excluding carboxylic acids is 3. The minimum absolute atomic E-state index is 0.0267. The molecule has 0 aliphatic carbocycles. The number of imide groups is 1. The molecule has 6 heteroatoms. The lowest BCUT2D eigenvalue weighted by atomic mass is 9.74. The summed E-state index contributed by atoms with van der Waals surface area (Å²) >= 11 is 0. The van der Waals surface area contributed by atoms with Gasteiger partial charge in [-0.3, -0.25) is 24.3 Å². The van der Waals surface area contributed by atoms with Crippen LogP contribution < -0.4 is 0 Å². The Morgan fingerprint density at radius 3 is 2.41 bits per heavy atom. The normalized spacial score (nSPS) is 17.8. The lowest BCUT2D eigenvalue weighted by Gasteiger charge is -2.30. The van der Waals surface area contributed by atoms with Crippen molar-refractivity contribution in [3.8, 4) is 0 Å². The first-order valence-electron chi connectivity index (χ1n) is 11.4. The summed E-state index contributed by atoms with van der Waals surface area (Å²) in [4.78, 5) is 47.4. The van der Waals surface area contributed by atoms with Crippen molar-refractivity contribution >= 4 is 17.7 Å². The van der Waals surface area contributed by atoms with Crippen molar-refractivity contribution in [3.05, 3.63) is 101 Å². The fraction of sp³-hybridized carbons (Fsp3) is 0.286. The van der Waals surface area contributed by atoms with Gasteiger partial charge in [-0.1, -0.05) is 60.2 Å². The summed E-state index contributed by atoms with van der Waals surface area (Å²) in [6.45, 7) is 4.51. The highest BCUT2D eigenvalue weighted by Gasteiger charge is 2.54. The van der Waals surface area contributed by atoms with Crippen LogP contribution in [0.3, 0.4) is 0 Å². The Bertz CT molecular complexity index is 1210. The van der Waals surface area contributed by atoms with Crippen molar-refractivity contribution in [2.45, 2.75) is 45.2 Å². The Kier molecular flexibility index (Phi) is 6.59. The first-order chi connectivity index (χ1) is 16.3. The minimum atomic E-state index is -1.22. The third-order valence-corrected chi connectivity index (χ3v) is 6.55. The van der Waals surface area contributed by atoms with Crippen molar-refractivity contribution in [1.29, 1.82) is 0 Å². The number of hydrogen-bond acceptors (Lipinski definition) is 4. The molecule has 1 aliphatic rings. The van der Waals surface area contributed by atoms with E-state index in [1.54, 1.807) is 30.4 Å². The Hall–Kier alpha value is -3.80. The summed E-state index contributed by atoms with van der Waals surface area (Å²) < 4.78 is 0. The van der Waals surface area contributed by atoms with E-state index >= 15 is 0 Å². The lowest BCUT2D eigenvalue weighted by Crippen LogP contribution is -2.42. The number of likely N-dealkylation sites (tertiary alicyclic amines) is 1. The molecule has 2 aromatic carbocycles. The number of amides is 3. The van der Waals surface area contributed by atoms with Gasteiger partial charge in [-0.05, 0) is 42.2 Å². The van der Waals surface area contributed by atoms with Crippen molar-refractivity contribution in [2.75, 3.05) is 7.05 Å². The molecule has 4 rings (SSSR count).